The molecule has 0 spiro atoms. The van der Waals surface area contributed by atoms with Crippen molar-refractivity contribution in [1.29, 1.82) is 0 Å². The van der Waals surface area contributed by atoms with E-state index in [2.05, 4.69) is 20.7 Å². The molecule has 22 heavy (non-hydrogen) atoms. The SMILES string of the molecule is CCCCS(=O)(=O)NC1CCN(C(=O)c2ccc(Br)o2)CC1. The quantitative estimate of drug-likeness (QED) is 0.805. The van der Waals surface area contributed by atoms with Crippen molar-refractivity contribution < 1.29 is 17.6 Å². The number of unbranched alkanes of at least 4 members (excludes halogenated alkanes) is 1. The smallest absolute Gasteiger partial charge is 0.289 e. The molecule has 6 nitrogen and oxygen atoms in total. The first-order chi connectivity index (χ1) is 10.4. The van der Waals surface area contributed by atoms with E-state index in [1.54, 1.807) is 17.0 Å². The number of hydrogen-bond acceptors (Lipinski definition) is 4. The molecule has 1 N–H and O–H groups in total. The summed E-state index contributed by atoms with van der Waals surface area (Å²) in [5.74, 6) is 0.315. The van der Waals surface area contributed by atoms with Crippen LogP contribution in [0.25, 0.3) is 0 Å². The average Bonchev–Trinajstić information content (AvgIpc) is 2.91. The Bertz CT molecular complexity index is 606. The summed E-state index contributed by atoms with van der Waals surface area (Å²) < 4.78 is 32.3. The first kappa shape index (κ1) is 17.5. The van der Waals surface area contributed by atoms with Crippen LogP contribution in [0, 0.1) is 0 Å². The Hall–Kier alpha value is -0.860. The number of amides is 1. The third kappa shape index (κ3) is 4.82. The lowest BCUT2D eigenvalue weighted by Gasteiger charge is -2.31. The van der Waals surface area contributed by atoms with Crippen LogP contribution in [-0.4, -0.2) is 44.1 Å². The summed E-state index contributed by atoms with van der Waals surface area (Å²) in [4.78, 5) is 13.9. The normalized spacial score (nSPS) is 16.9. The number of rotatable bonds is 6. The summed E-state index contributed by atoms with van der Waals surface area (Å²) >= 11 is 3.17. The Morgan fingerprint density at radius 1 is 1.41 bits per heavy atom. The summed E-state index contributed by atoms with van der Waals surface area (Å²) in [5.41, 5.74) is 0. The fourth-order valence-corrected chi connectivity index (χ4v) is 4.27. The maximum Gasteiger partial charge on any atom is 0.289 e. The molecule has 1 aromatic heterocycles. The summed E-state index contributed by atoms with van der Waals surface area (Å²) in [5, 5.41) is 0. The Morgan fingerprint density at radius 3 is 2.64 bits per heavy atom. The molecule has 0 aromatic carbocycles. The van der Waals surface area contributed by atoms with Crippen molar-refractivity contribution in [3.8, 4) is 0 Å². The highest BCUT2D eigenvalue weighted by molar-refractivity contribution is 9.10. The average molecular weight is 393 g/mol. The Morgan fingerprint density at radius 2 is 2.09 bits per heavy atom. The standard InChI is InChI=1S/C14H21BrN2O4S/c1-2-3-10-22(19,20)16-11-6-8-17(9-7-11)14(18)12-4-5-13(15)21-12/h4-5,11,16H,2-3,6-10H2,1H3. The number of halogens is 1. The van der Waals surface area contributed by atoms with Gasteiger partial charge < -0.3 is 9.32 Å². The van der Waals surface area contributed by atoms with Crippen LogP contribution in [0.3, 0.4) is 0 Å². The van der Waals surface area contributed by atoms with Crippen LogP contribution in [0.4, 0.5) is 0 Å². The number of nitrogens with one attached hydrogen (secondary N) is 1. The zero-order valence-electron chi connectivity index (χ0n) is 12.5. The van der Waals surface area contributed by atoms with Crippen molar-refractivity contribution in [1.82, 2.24) is 9.62 Å². The predicted molar refractivity (Wildman–Crippen MR) is 87.2 cm³/mol. The minimum atomic E-state index is -3.21. The zero-order chi connectivity index (χ0) is 16.2. The minimum Gasteiger partial charge on any atom is -0.444 e. The van der Waals surface area contributed by atoms with Crippen LogP contribution < -0.4 is 4.72 Å². The maximum atomic E-state index is 12.2. The lowest BCUT2D eigenvalue weighted by atomic mass is 10.1. The van der Waals surface area contributed by atoms with Crippen molar-refractivity contribution in [3.05, 3.63) is 22.6 Å². The molecule has 1 amide bonds. The number of nitrogens with zero attached hydrogens (tertiary/aromatic N) is 1. The highest BCUT2D eigenvalue weighted by atomic mass is 79.9. The lowest BCUT2D eigenvalue weighted by Crippen LogP contribution is -2.46. The van der Waals surface area contributed by atoms with Gasteiger partial charge in [0.25, 0.3) is 5.91 Å². The van der Waals surface area contributed by atoms with Gasteiger partial charge in [0.05, 0.1) is 5.75 Å². The Labute approximate surface area is 139 Å². The van der Waals surface area contributed by atoms with E-state index in [1.807, 2.05) is 6.92 Å². The topological polar surface area (TPSA) is 79.6 Å². The van der Waals surface area contributed by atoms with E-state index in [1.165, 1.54) is 0 Å². The molecule has 1 saturated heterocycles. The van der Waals surface area contributed by atoms with Crippen LogP contribution in [0.15, 0.2) is 21.2 Å². The number of carbonyl (C=O) groups is 1. The van der Waals surface area contributed by atoms with E-state index in [0.29, 0.717) is 42.8 Å². The Kier molecular flexibility index (Phi) is 6.05. The van der Waals surface area contributed by atoms with Gasteiger partial charge in [-0.25, -0.2) is 13.1 Å². The van der Waals surface area contributed by atoms with E-state index in [0.717, 1.165) is 6.42 Å². The van der Waals surface area contributed by atoms with E-state index >= 15 is 0 Å². The summed E-state index contributed by atoms with van der Waals surface area (Å²) in [7, 11) is -3.21. The van der Waals surface area contributed by atoms with Gasteiger partial charge in [0.2, 0.25) is 10.0 Å². The number of hydrogen-bond donors (Lipinski definition) is 1. The van der Waals surface area contributed by atoms with E-state index < -0.39 is 10.0 Å². The van der Waals surface area contributed by atoms with E-state index in [4.69, 9.17) is 4.42 Å². The molecule has 2 heterocycles. The maximum absolute atomic E-state index is 12.2. The first-order valence-corrected chi connectivity index (χ1v) is 9.90. The molecule has 0 radical (unpaired) electrons. The zero-order valence-corrected chi connectivity index (χ0v) is 15.0. The first-order valence-electron chi connectivity index (χ1n) is 7.46. The van der Waals surface area contributed by atoms with Crippen molar-refractivity contribution >= 4 is 31.9 Å². The van der Waals surface area contributed by atoms with Gasteiger partial charge in [-0.15, -0.1) is 0 Å². The molecule has 124 valence electrons. The lowest BCUT2D eigenvalue weighted by molar-refractivity contribution is 0.0677. The molecule has 8 heteroatoms. The van der Waals surface area contributed by atoms with Gasteiger partial charge in [0.15, 0.2) is 10.4 Å². The molecular formula is C14H21BrN2O4S. The third-order valence-corrected chi connectivity index (χ3v) is 5.62. The largest absolute Gasteiger partial charge is 0.444 e. The molecule has 0 saturated carbocycles. The van der Waals surface area contributed by atoms with Crippen LogP contribution in [0.2, 0.25) is 0 Å². The second-order valence-corrected chi connectivity index (χ2v) is 8.12. The molecule has 1 fully saturated rings. The number of piperidine rings is 1. The van der Waals surface area contributed by atoms with Gasteiger partial charge in [-0.3, -0.25) is 4.79 Å². The van der Waals surface area contributed by atoms with E-state index in [-0.39, 0.29) is 17.7 Å². The molecule has 0 aliphatic carbocycles. The van der Waals surface area contributed by atoms with Gasteiger partial charge in [0, 0.05) is 19.1 Å². The molecule has 0 bridgehead atoms. The highest BCUT2D eigenvalue weighted by Gasteiger charge is 2.27. The fourth-order valence-electron chi connectivity index (χ4n) is 2.43. The molecule has 0 atom stereocenters. The minimum absolute atomic E-state index is 0.0887. The van der Waals surface area contributed by atoms with E-state index in [9.17, 15) is 13.2 Å². The van der Waals surface area contributed by atoms with Crippen molar-refractivity contribution in [3.63, 3.8) is 0 Å². The van der Waals surface area contributed by atoms with Crippen molar-refractivity contribution in [2.45, 2.75) is 38.6 Å². The van der Waals surface area contributed by atoms with Gasteiger partial charge >= 0.3 is 0 Å². The number of likely N-dealkylation sites (tertiary alicyclic amines) is 1. The van der Waals surface area contributed by atoms with Crippen LogP contribution in [0.5, 0.6) is 0 Å². The summed E-state index contributed by atoms with van der Waals surface area (Å²) in [6, 6.07) is 3.22. The number of carbonyl (C=O) groups excluding carboxylic acids is 1. The van der Waals surface area contributed by atoms with Gasteiger partial charge in [-0.05, 0) is 47.3 Å². The highest BCUT2D eigenvalue weighted by Crippen LogP contribution is 2.19. The molecule has 2 rings (SSSR count). The van der Waals surface area contributed by atoms with Crippen LogP contribution in [-0.2, 0) is 10.0 Å². The summed E-state index contributed by atoms with van der Waals surface area (Å²) in [6.07, 6.45) is 2.77. The number of furan rings is 1. The van der Waals surface area contributed by atoms with Crippen molar-refractivity contribution in [2.24, 2.45) is 0 Å². The molecule has 1 aromatic rings. The van der Waals surface area contributed by atoms with Crippen molar-refractivity contribution in [2.75, 3.05) is 18.8 Å². The second kappa shape index (κ2) is 7.61. The summed E-state index contributed by atoms with van der Waals surface area (Å²) in [6.45, 7) is 3.02. The number of sulfonamides is 1. The van der Waals surface area contributed by atoms with Crippen LogP contribution in [0.1, 0.15) is 43.2 Å². The molecule has 1 aliphatic rings. The van der Waals surface area contributed by atoms with Crippen LogP contribution >= 0.6 is 15.9 Å². The van der Waals surface area contributed by atoms with Gasteiger partial charge in [-0.1, -0.05) is 13.3 Å². The molecule has 0 unspecified atom stereocenters. The Balaban J connectivity index is 1.84. The predicted octanol–water partition coefficient (Wildman–Crippen LogP) is 2.37. The van der Waals surface area contributed by atoms with Gasteiger partial charge in [-0.2, -0.15) is 0 Å². The fraction of sp³-hybridized carbons (Fsp3) is 0.643. The molecular weight excluding hydrogens is 372 g/mol. The van der Waals surface area contributed by atoms with Gasteiger partial charge in [0.1, 0.15) is 0 Å². The monoisotopic (exact) mass is 392 g/mol. The molecule has 1 aliphatic heterocycles. The second-order valence-electron chi connectivity index (χ2n) is 5.46. The third-order valence-electron chi connectivity index (χ3n) is 3.68.